The fraction of sp³-hybridized carbons (Fsp3) is 0.389. The molecule has 44 heavy (non-hydrogen) atoms. The van der Waals surface area contributed by atoms with Crippen LogP contribution in [0, 0.1) is 0 Å². The molecule has 8 nitrogen and oxygen atoms in total. The minimum Gasteiger partial charge on any atom is -0.496 e. The quantitative estimate of drug-likeness (QED) is 0.122. The van der Waals surface area contributed by atoms with Crippen molar-refractivity contribution < 1.29 is 33.2 Å². The summed E-state index contributed by atoms with van der Waals surface area (Å²) in [4.78, 5) is 0. The summed E-state index contributed by atoms with van der Waals surface area (Å²) in [7, 11) is 5.02. The smallest absolute Gasteiger partial charge is 0.146 e. The highest BCUT2D eigenvalue weighted by Gasteiger charge is 2.36. The van der Waals surface area contributed by atoms with Crippen molar-refractivity contribution in [1.82, 2.24) is 5.32 Å². The first-order valence-electron chi connectivity index (χ1n) is 15.1. The van der Waals surface area contributed by atoms with E-state index >= 15 is 0 Å². The first-order valence-corrected chi connectivity index (χ1v) is 15.1. The van der Waals surface area contributed by atoms with E-state index in [9.17, 15) is 0 Å². The maximum atomic E-state index is 6.58. The van der Waals surface area contributed by atoms with Gasteiger partial charge in [-0.25, -0.2) is 0 Å². The van der Waals surface area contributed by atoms with E-state index in [0.717, 1.165) is 57.7 Å². The van der Waals surface area contributed by atoms with Crippen molar-refractivity contribution in [2.24, 2.45) is 0 Å². The van der Waals surface area contributed by atoms with Crippen LogP contribution in [-0.4, -0.2) is 66.6 Å². The molecule has 0 amide bonds. The maximum absolute atomic E-state index is 6.58. The number of methoxy groups -OCH3 is 3. The second-order valence-corrected chi connectivity index (χ2v) is 10.8. The molecular weight excluding hydrogens is 558 g/mol. The number of ether oxygens (including phenoxy) is 7. The lowest BCUT2D eigenvalue weighted by Crippen LogP contribution is -2.50. The van der Waals surface area contributed by atoms with E-state index < -0.39 is 0 Å². The van der Waals surface area contributed by atoms with Crippen LogP contribution < -0.4 is 19.5 Å². The molecule has 8 heteroatoms. The lowest BCUT2D eigenvalue weighted by Gasteiger charge is -2.38. The van der Waals surface area contributed by atoms with Gasteiger partial charge in [0.2, 0.25) is 0 Å². The summed E-state index contributed by atoms with van der Waals surface area (Å²) < 4.78 is 40.9. The second-order valence-electron chi connectivity index (χ2n) is 10.8. The Bertz CT molecular complexity index is 1440. The van der Waals surface area contributed by atoms with Crippen LogP contribution in [0.5, 0.6) is 17.2 Å². The summed E-state index contributed by atoms with van der Waals surface area (Å²) in [5.74, 6) is 2.53. The SMILES string of the molecule is COCO[C@@H]1CNC[C@H](OCc2cc(OC)c3ccccc3c2)[C@H]1c1ccc(OCCCOCc2ccccc2OC)cc1. The number of hydrogen-bond donors (Lipinski definition) is 1. The van der Waals surface area contributed by atoms with Gasteiger partial charge in [0, 0.05) is 43.5 Å². The van der Waals surface area contributed by atoms with Crippen molar-refractivity contribution >= 4 is 10.8 Å². The van der Waals surface area contributed by atoms with E-state index in [1.165, 1.54) is 0 Å². The van der Waals surface area contributed by atoms with Crippen LogP contribution in [0.1, 0.15) is 29.0 Å². The Morgan fingerprint density at radius 2 is 1.48 bits per heavy atom. The number of nitrogens with one attached hydrogen (secondary N) is 1. The zero-order valence-electron chi connectivity index (χ0n) is 25.8. The minimum absolute atomic E-state index is 0.0196. The average molecular weight is 602 g/mol. The van der Waals surface area contributed by atoms with Crippen LogP contribution in [-0.2, 0) is 32.2 Å². The number of fused-ring (bicyclic) bond motifs is 1. The molecule has 0 aliphatic carbocycles. The molecule has 0 radical (unpaired) electrons. The average Bonchev–Trinajstić information content (AvgIpc) is 3.08. The molecule has 1 saturated heterocycles. The van der Waals surface area contributed by atoms with Crippen molar-refractivity contribution in [3.63, 3.8) is 0 Å². The van der Waals surface area contributed by atoms with Gasteiger partial charge in [-0.05, 0) is 46.8 Å². The highest BCUT2D eigenvalue weighted by molar-refractivity contribution is 5.89. The lowest BCUT2D eigenvalue weighted by atomic mass is 9.85. The van der Waals surface area contributed by atoms with Gasteiger partial charge in [-0.2, -0.15) is 0 Å². The fourth-order valence-corrected chi connectivity index (χ4v) is 5.70. The van der Waals surface area contributed by atoms with Crippen LogP contribution in [0.3, 0.4) is 0 Å². The van der Waals surface area contributed by atoms with E-state index in [2.05, 4.69) is 41.7 Å². The predicted octanol–water partition coefficient (Wildman–Crippen LogP) is 6.10. The maximum Gasteiger partial charge on any atom is 0.146 e. The van der Waals surface area contributed by atoms with Gasteiger partial charge in [-0.1, -0.05) is 54.6 Å². The highest BCUT2D eigenvalue weighted by atomic mass is 16.7. The second kappa shape index (κ2) is 16.4. The summed E-state index contributed by atoms with van der Waals surface area (Å²) in [5, 5.41) is 5.70. The molecule has 1 aliphatic rings. The number of hydrogen-bond acceptors (Lipinski definition) is 8. The monoisotopic (exact) mass is 601 g/mol. The first kappa shape index (κ1) is 31.8. The Morgan fingerprint density at radius 3 is 2.27 bits per heavy atom. The van der Waals surface area contributed by atoms with Crippen molar-refractivity contribution in [1.29, 1.82) is 0 Å². The van der Waals surface area contributed by atoms with Gasteiger partial charge in [-0.15, -0.1) is 0 Å². The molecule has 1 N–H and O–H groups in total. The molecule has 0 aromatic heterocycles. The third kappa shape index (κ3) is 8.28. The van der Waals surface area contributed by atoms with Gasteiger partial charge in [-0.3, -0.25) is 0 Å². The molecule has 1 aliphatic heterocycles. The number of benzene rings is 4. The number of rotatable bonds is 16. The molecule has 4 aromatic rings. The molecule has 0 unspecified atom stereocenters. The molecule has 1 heterocycles. The van der Waals surface area contributed by atoms with Gasteiger partial charge >= 0.3 is 0 Å². The zero-order chi connectivity index (χ0) is 30.6. The molecule has 0 saturated carbocycles. The Balaban J connectivity index is 1.18. The van der Waals surface area contributed by atoms with Gasteiger partial charge in [0.25, 0.3) is 0 Å². The largest absolute Gasteiger partial charge is 0.496 e. The molecule has 1 fully saturated rings. The van der Waals surface area contributed by atoms with E-state index in [-0.39, 0.29) is 24.9 Å². The first-order chi connectivity index (χ1) is 21.7. The standard InChI is InChI=1S/C36H43NO7/c1-38-25-44-35-22-37-21-34(43-23-26-19-28-9-4-6-11-31(28)33(20-26)40-3)36(35)27-13-15-30(16-14-27)42-18-8-17-41-24-29-10-5-7-12-32(29)39-2/h4-7,9-16,19-20,34-37H,8,17-18,21-25H2,1-3H3/t34-,35+,36+/m0/s1. The number of piperidine rings is 1. The number of para-hydroxylation sites is 1. The van der Waals surface area contributed by atoms with Crippen LogP contribution in [0.25, 0.3) is 10.8 Å². The van der Waals surface area contributed by atoms with E-state index in [1.807, 2.05) is 48.5 Å². The Hall–Kier alpha value is -3.66. The molecule has 5 rings (SSSR count). The van der Waals surface area contributed by atoms with Crippen molar-refractivity contribution in [2.45, 2.75) is 37.8 Å². The predicted molar refractivity (Wildman–Crippen MR) is 171 cm³/mol. The van der Waals surface area contributed by atoms with Gasteiger partial charge in [0.15, 0.2) is 0 Å². The van der Waals surface area contributed by atoms with Crippen LogP contribution in [0.2, 0.25) is 0 Å². The van der Waals surface area contributed by atoms with Gasteiger partial charge in [0.1, 0.15) is 24.0 Å². The molecule has 234 valence electrons. The third-order valence-electron chi connectivity index (χ3n) is 7.88. The summed E-state index contributed by atoms with van der Waals surface area (Å²) in [6.07, 6.45) is 0.579. The molecular formula is C36H43NO7. The Labute approximate surface area is 260 Å². The van der Waals surface area contributed by atoms with E-state index in [1.54, 1.807) is 21.3 Å². The van der Waals surface area contributed by atoms with Crippen molar-refractivity contribution in [2.75, 3.05) is 54.4 Å². The molecule has 0 bridgehead atoms. The zero-order valence-corrected chi connectivity index (χ0v) is 25.8. The Morgan fingerprint density at radius 1 is 0.727 bits per heavy atom. The summed E-state index contributed by atoms with van der Waals surface area (Å²) >= 11 is 0. The Kier molecular flexibility index (Phi) is 11.9. The minimum atomic E-state index is -0.105. The van der Waals surface area contributed by atoms with E-state index in [0.29, 0.717) is 33.0 Å². The third-order valence-corrected chi connectivity index (χ3v) is 7.88. The van der Waals surface area contributed by atoms with Crippen LogP contribution in [0.15, 0.2) is 84.9 Å². The summed E-state index contributed by atoms with van der Waals surface area (Å²) in [6, 6.07) is 28.6. The van der Waals surface area contributed by atoms with E-state index in [4.69, 9.17) is 33.2 Å². The topological polar surface area (TPSA) is 76.6 Å². The van der Waals surface area contributed by atoms with Gasteiger partial charge < -0.3 is 38.5 Å². The molecule has 4 aromatic carbocycles. The van der Waals surface area contributed by atoms with Crippen molar-refractivity contribution in [3.05, 3.63) is 102 Å². The molecule has 0 spiro atoms. The van der Waals surface area contributed by atoms with Crippen LogP contribution in [0.4, 0.5) is 0 Å². The highest BCUT2D eigenvalue weighted by Crippen LogP contribution is 2.33. The van der Waals surface area contributed by atoms with Crippen molar-refractivity contribution in [3.8, 4) is 17.2 Å². The fourth-order valence-electron chi connectivity index (χ4n) is 5.70. The summed E-state index contributed by atoms with van der Waals surface area (Å²) in [5.41, 5.74) is 3.24. The molecule has 3 atom stereocenters. The summed E-state index contributed by atoms with van der Waals surface area (Å²) in [6.45, 7) is 3.79. The normalized spacial score (nSPS) is 18.3. The van der Waals surface area contributed by atoms with Gasteiger partial charge in [0.05, 0.1) is 52.9 Å². The van der Waals surface area contributed by atoms with Crippen LogP contribution >= 0.6 is 0 Å². The lowest BCUT2D eigenvalue weighted by molar-refractivity contribution is -0.113.